The van der Waals surface area contributed by atoms with Gasteiger partial charge >= 0.3 is 0 Å². The van der Waals surface area contributed by atoms with Crippen LogP contribution in [0, 0.1) is 0 Å². The average molecular weight is 259 g/mol. The van der Waals surface area contributed by atoms with E-state index in [1.54, 1.807) is 18.0 Å². The highest BCUT2D eigenvalue weighted by atomic mass is 16.5. The number of hydrazine groups is 1. The monoisotopic (exact) mass is 259 g/mol. The minimum Gasteiger partial charge on any atom is -0.383 e. The van der Waals surface area contributed by atoms with Crippen molar-refractivity contribution in [2.24, 2.45) is 10.8 Å². The van der Waals surface area contributed by atoms with Gasteiger partial charge in [-0.05, 0) is 12.1 Å². The number of methoxy groups -OCH3 is 1. The molecule has 0 aliphatic heterocycles. The van der Waals surface area contributed by atoms with E-state index in [-0.39, 0.29) is 0 Å². The molecule has 100 valence electrons. The molecule has 0 radical (unpaired) electrons. The van der Waals surface area contributed by atoms with Gasteiger partial charge < -0.3 is 10.2 Å². The zero-order valence-electron chi connectivity index (χ0n) is 10.8. The van der Waals surface area contributed by atoms with E-state index in [2.05, 4.69) is 15.5 Å². The van der Waals surface area contributed by atoms with Gasteiger partial charge in [-0.2, -0.15) is 5.10 Å². The van der Waals surface area contributed by atoms with Crippen LogP contribution in [0.25, 0.3) is 5.69 Å². The summed E-state index contributed by atoms with van der Waals surface area (Å²) >= 11 is 0. The molecule has 0 aliphatic carbocycles. The van der Waals surface area contributed by atoms with Gasteiger partial charge in [0.1, 0.15) is 5.84 Å². The molecule has 0 atom stereocenters. The molecule has 0 saturated carbocycles. The molecule has 2 aromatic rings. The molecule has 0 unspecified atom stereocenters. The molecule has 0 aliphatic rings. The van der Waals surface area contributed by atoms with E-state index in [9.17, 15) is 0 Å². The highest BCUT2D eigenvalue weighted by Gasteiger charge is 2.05. The Labute approximate surface area is 111 Å². The van der Waals surface area contributed by atoms with Gasteiger partial charge in [0.05, 0.1) is 30.6 Å². The van der Waals surface area contributed by atoms with Crippen molar-refractivity contribution >= 4 is 5.84 Å². The van der Waals surface area contributed by atoms with Crippen molar-refractivity contribution in [1.29, 1.82) is 0 Å². The fourth-order valence-electron chi connectivity index (χ4n) is 1.64. The number of nitrogens with one attached hydrogen (secondary N) is 1. The SMILES string of the molecule is COCCN=C(NN)c1cnn(-c2ccccc2)c1. The Morgan fingerprint density at radius 3 is 2.89 bits per heavy atom. The summed E-state index contributed by atoms with van der Waals surface area (Å²) in [6, 6.07) is 9.85. The van der Waals surface area contributed by atoms with Gasteiger partial charge in [0.25, 0.3) is 0 Å². The second kappa shape index (κ2) is 6.67. The molecule has 2 rings (SSSR count). The van der Waals surface area contributed by atoms with E-state index < -0.39 is 0 Å². The summed E-state index contributed by atoms with van der Waals surface area (Å²) in [6.45, 7) is 1.10. The topological polar surface area (TPSA) is 77.5 Å². The third kappa shape index (κ3) is 3.40. The minimum absolute atomic E-state index is 0.548. The lowest BCUT2D eigenvalue weighted by Crippen LogP contribution is -2.31. The molecule has 0 saturated heterocycles. The number of nitrogens with zero attached hydrogens (tertiary/aromatic N) is 3. The first-order valence-electron chi connectivity index (χ1n) is 5.95. The highest BCUT2D eigenvalue weighted by Crippen LogP contribution is 2.07. The van der Waals surface area contributed by atoms with Crippen molar-refractivity contribution in [1.82, 2.24) is 15.2 Å². The smallest absolute Gasteiger partial charge is 0.145 e. The minimum atomic E-state index is 0.548. The largest absolute Gasteiger partial charge is 0.383 e. The highest BCUT2D eigenvalue weighted by molar-refractivity contribution is 5.98. The standard InChI is InChI=1S/C13H17N5O/c1-19-8-7-15-13(17-14)11-9-16-18(10-11)12-5-3-2-4-6-12/h2-6,9-10H,7-8,14H2,1H3,(H,15,17). The molecule has 0 spiro atoms. The first-order valence-corrected chi connectivity index (χ1v) is 5.95. The summed E-state index contributed by atoms with van der Waals surface area (Å²) in [5.41, 5.74) is 4.41. The third-order valence-corrected chi connectivity index (χ3v) is 2.58. The Bertz CT molecular complexity index is 535. The van der Waals surface area contributed by atoms with Crippen LogP contribution in [0.5, 0.6) is 0 Å². The Kier molecular flexibility index (Phi) is 4.66. The van der Waals surface area contributed by atoms with Crippen molar-refractivity contribution < 1.29 is 4.74 Å². The van der Waals surface area contributed by atoms with E-state index in [1.807, 2.05) is 36.5 Å². The van der Waals surface area contributed by atoms with Gasteiger partial charge in [0, 0.05) is 13.3 Å². The Hall–Kier alpha value is -2.18. The lowest BCUT2D eigenvalue weighted by atomic mass is 10.3. The summed E-state index contributed by atoms with van der Waals surface area (Å²) in [6.07, 6.45) is 3.60. The van der Waals surface area contributed by atoms with Crippen molar-refractivity contribution in [3.63, 3.8) is 0 Å². The van der Waals surface area contributed by atoms with Gasteiger partial charge in [0.15, 0.2) is 0 Å². The number of benzene rings is 1. The maximum atomic E-state index is 5.48. The molecule has 19 heavy (non-hydrogen) atoms. The second-order valence-corrected chi connectivity index (χ2v) is 3.88. The number of amidine groups is 1. The Balaban J connectivity index is 2.18. The van der Waals surface area contributed by atoms with Gasteiger partial charge in [-0.15, -0.1) is 0 Å². The van der Waals surface area contributed by atoms with Crippen LogP contribution < -0.4 is 11.3 Å². The first-order chi connectivity index (χ1) is 9.35. The molecule has 1 aromatic heterocycles. The fourth-order valence-corrected chi connectivity index (χ4v) is 1.64. The number of ether oxygens (including phenoxy) is 1. The number of nitrogens with two attached hydrogens (primary N) is 1. The molecular formula is C13H17N5O. The van der Waals surface area contributed by atoms with Crippen LogP contribution in [-0.2, 0) is 4.74 Å². The quantitative estimate of drug-likeness (QED) is 0.273. The van der Waals surface area contributed by atoms with Crippen molar-refractivity contribution in [2.45, 2.75) is 0 Å². The van der Waals surface area contributed by atoms with Crippen molar-refractivity contribution in [2.75, 3.05) is 20.3 Å². The summed E-state index contributed by atoms with van der Waals surface area (Å²) < 4.78 is 6.73. The van der Waals surface area contributed by atoms with Crippen LogP contribution in [0.2, 0.25) is 0 Å². The summed E-state index contributed by atoms with van der Waals surface area (Å²) in [5, 5.41) is 4.29. The van der Waals surface area contributed by atoms with Crippen LogP contribution in [0.15, 0.2) is 47.7 Å². The van der Waals surface area contributed by atoms with Crippen LogP contribution in [-0.4, -0.2) is 35.9 Å². The van der Waals surface area contributed by atoms with Crippen molar-refractivity contribution in [3.05, 3.63) is 48.3 Å². The lowest BCUT2D eigenvalue weighted by Gasteiger charge is -2.03. The van der Waals surface area contributed by atoms with Crippen LogP contribution >= 0.6 is 0 Å². The van der Waals surface area contributed by atoms with E-state index in [1.165, 1.54) is 0 Å². The Morgan fingerprint density at radius 1 is 1.42 bits per heavy atom. The Morgan fingerprint density at radius 2 is 2.21 bits per heavy atom. The van der Waals surface area contributed by atoms with E-state index in [4.69, 9.17) is 10.6 Å². The van der Waals surface area contributed by atoms with Gasteiger partial charge in [0.2, 0.25) is 0 Å². The number of aromatic nitrogens is 2. The van der Waals surface area contributed by atoms with Gasteiger partial charge in [-0.1, -0.05) is 18.2 Å². The number of aliphatic imine (C=N–C) groups is 1. The van der Waals surface area contributed by atoms with Crippen LogP contribution in [0.1, 0.15) is 5.56 Å². The summed E-state index contributed by atoms with van der Waals surface area (Å²) in [4.78, 5) is 4.31. The molecule has 0 bridgehead atoms. The number of hydrogen-bond donors (Lipinski definition) is 2. The average Bonchev–Trinajstić information content (AvgIpc) is 2.94. The summed E-state index contributed by atoms with van der Waals surface area (Å²) in [7, 11) is 1.64. The van der Waals surface area contributed by atoms with Crippen molar-refractivity contribution in [3.8, 4) is 5.69 Å². The fraction of sp³-hybridized carbons (Fsp3) is 0.231. The maximum Gasteiger partial charge on any atom is 0.145 e. The van der Waals surface area contributed by atoms with Gasteiger partial charge in [-0.25, -0.2) is 10.5 Å². The summed E-state index contributed by atoms with van der Waals surface area (Å²) in [5.74, 6) is 6.07. The molecule has 0 fully saturated rings. The zero-order valence-corrected chi connectivity index (χ0v) is 10.8. The van der Waals surface area contributed by atoms with E-state index in [0.29, 0.717) is 19.0 Å². The molecule has 6 heteroatoms. The molecule has 0 amide bonds. The predicted molar refractivity (Wildman–Crippen MR) is 74.2 cm³/mol. The lowest BCUT2D eigenvalue weighted by molar-refractivity contribution is 0.208. The number of para-hydroxylation sites is 1. The predicted octanol–water partition coefficient (Wildman–Crippen LogP) is 0.729. The maximum absolute atomic E-state index is 5.48. The zero-order chi connectivity index (χ0) is 13.5. The molecule has 1 aromatic carbocycles. The normalized spacial score (nSPS) is 11.6. The van der Waals surface area contributed by atoms with E-state index >= 15 is 0 Å². The van der Waals surface area contributed by atoms with E-state index in [0.717, 1.165) is 11.3 Å². The molecule has 3 N–H and O–H groups in total. The first kappa shape index (κ1) is 13.3. The molecule has 6 nitrogen and oxygen atoms in total. The third-order valence-electron chi connectivity index (χ3n) is 2.58. The van der Waals surface area contributed by atoms with Crippen LogP contribution in [0.3, 0.4) is 0 Å². The number of hydrogen-bond acceptors (Lipinski definition) is 4. The molecule has 1 heterocycles. The van der Waals surface area contributed by atoms with Gasteiger partial charge in [-0.3, -0.25) is 4.99 Å². The molecular weight excluding hydrogens is 242 g/mol. The second-order valence-electron chi connectivity index (χ2n) is 3.88. The number of rotatable bonds is 5. The van der Waals surface area contributed by atoms with Crippen LogP contribution in [0.4, 0.5) is 0 Å².